The molecule has 2 heterocycles. The van der Waals surface area contributed by atoms with Gasteiger partial charge in [0.25, 0.3) is 5.69 Å². The van der Waals surface area contributed by atoms with E-state index in [0.29, 0.717) is 5.56 Å². The van der Waals surface area contributed by atoms with Gasteiger partial charge in [-0.15, -0.1) is 11.3 Å². The summed E-state index contributed by atoms with van der Waals surface area (Å²) in [6.45, 7) is 0. The van der Waals surface area contributed by atoms with E-state index in [1.54, 1.807) is 12.1 Å². The van der Waals surface area contributed by atoms with Crippen LogP contribution < -0.4 is 0 Å². The number of thiophene rings is 1. The van der Waals surface area contributed by atoms with Gasteiger partial charge in [-0.3, -0.25) is 10.1 Å². The van der Waals surface area contributed by atoms with E-state index in [4.69, 9.17) is 0 Å². The molecule has 2 aromatic heterocycles. The first-order valence-electron chi connectivity index (χ1n) is 10.0. The van der Waals surface area contributed by atoms with Gasteiger partial charge in [0.2, 0.25) is 0 Å². The van der Waals surface area contributed by atoms with Crippen molar-refractivity contribution < 1.29 is 4.92 Å². The molecule has 4 nitrogen and oxygen atoms in total. The second-order valence-corrected chi connectivity index (χ2v) is 8.96. The van der Waals surface area contributed by atoms with Crippen molar-refractivity contribution in [3.05, 3.63) is 89.0 Å². The van der Waals surface area contributed by atoms with E-state index in [2.05, 4.69) is 53.5 Å². The molecule has 7 aromatic rings. The number of nitro benzene ring substituents is 1. The predicted molar refractivity (Wildman–Crippen MR) is 129 cm³/mol. The van der Waals surface area contributed by atoms with Gasteiger partial charge in [0.15, 0.2) is 0 Å². The standard InChI is InChI=1S/C26H14N2O2S/c29-28(30)21-7-3-1-5-17(21)16-11-14-9-10-15-12-19-18-6-2-4-8-22(18)31-26(19)25-24(15)23(14)20(13-16)27-25/h1-13,27H. The summed E-state index contributed by atoms with van der Waals surface area (Å²) in [4.78, 5) is 14.9. The number of nitrogens with zero attached hydrogens (tertiary/aromatic N) is 1. The van der Waals surface area contributed by atoms with E-state index in [-0.39, 0.29) is 10.6 Å². The Balaban J connectivity index is 1.63. The number of para-hydroxylation sites is 1. The molecule has 0 aliphatic carbocycles. The number of benzene rings is 5. The molecule has 7 rings (SSSR count). The number of hydrogen-bond acceptors (Lipinski definition) is 3. The van der Waals surface area contributed by atoms with Crippen LogP contribution in [0.15, 0.2) is 78.9 Å². The average Bonchev–Trinajstić information content (AvgIpc) is 3.36. The van der Waals surface area contributed by atoms with Gasteiger partial charge < -0.3 is 4.98 Å². The Kier molecular flexibility index (Phi) is 3.14. The quantitative estimate of drug-likeness (QED) is 0.176. The van der Waals surface area contributed by atoms with Gasteiger partial charge in [-0.2, -0.15) is 0 Å². The number of rotatable bonds is 2. The van der Waals surface area contributed by atoms with Crippen molar-refractivity contribution in [3.63, 3.8) is 0 Å². The first kappa shape index (κ1) is 16.8. The molecule has 31 heavy (non-hydrogen) atoms. The van der Waals surface area contributed by atoms with Gasteiger partial charge in [-0.1, -0.05) is 42.5 Å². The van der Waals surface area contributed by atoms with E-state index in [1.807, 2.05) is 29.5 Å². The molecule has 0 saturated carbocycles. The number of hydrogen-bond donors (Lipinski definition) is 1. The van der Waals surface area contributed by atoms with Gasteiger partial charge in [-0.25, -0.2) is 0 Å². The van der Waals surface area contributed by atoms with E-state index >= 15 is 0 Å². The maximum atomic E-state index is 11.6. The molecule has 0 aliphatic rings. The molecule has 0 amide bonds. The maximum Gasteiger partial charge on any atom is 0.277 e. The van der Waals surface area contributed by atoms with Crippen LogP contribution in [0.3, 0.4) is 0 Å². The smallest absolute Gasteiger partial charge is 0.277 e. The van der Waals surface area contributed by atoms with E-state index in [0.717, 1.165) is 22.0 Å². The van der Waals surface area contributed by atoms with Gasteiger partial charge in [0.05, 0.1) is 20.7 Å². The van der Waals surface area contributed by atoms with Crippen molar-refractivity contribution in [2.24, 2.45) is 0 Å². The molecule has 0 atom stereocenters. The van der Waals surface area contributed by atoms with Crippen LogP contribution in [0.25, 0.3) is 63.9 Å². The van der Waals surface area contributed by atoms with Crippen molar-refractivity contribution in [2.45, 2.75) is 0 Å². The summed E-state index contributed by atoms with van der Waals surface area (Å²) in [5.41, 5.74) is 3.76. The summed E-state index contributed by atoms with van der Waals surface area (Å²) in [5, 5.41) is 18.8. The molecule has 0 spiro atoms. The fourth-order valence-electron chi connectivity index (χ4n) is 4.92. The van der Waals surface area contributed by atoms with Crippen LogP contribution in [0.1, 0.15) is 0 Å². The van der Waals surface area contributed by atoms with Gasteiger partial charge >= 0.3 is 0 Å². The van der Waals surface area contributed by atoms with Crippen LogP contribution in [0.2, 0.25) is 0 Å². The zero-order valence-corrected chi connectivity index (χ0v) is 17.0. The molecule has 5 heteroatoms. The summed E-state index contributed by atoms with van der Waals surface area (Å²) >= 11 is 1.81. The number of H-pyrrole nitrogens is 1. The van der Waals surface area contributed by atoms with E-state index in [1.165, 1.54) is 36.3 Å². The van der Waals surface area contributed by atoms with E-state index < -0.39 is 0 Å². The fourth-order valence-corrected chi connectivity index (χ4v) is 6.11. The summed E-state index contributed by atoms with van der Waals surface area (Å²) < 4.78 is 2.53. The molecule has 0 bridgehead atoms. The van der Waals surface area contributed by atoms with Crippen LogP contribution in [-0.4, -0.2) is 9.91 Å². The van der Waals surface area contributed by atoms with Crippen molar-refractivity contribution in [3.8, 4) is 11.1 Å². The van der Waals surface area contributed by atoms with Gasteiger partial charge in [-0.05, 0) is 46.7 Å². The summed E-state index contributed by atoms with van der Waals surface area (Å²) in [6.07, 6.45) is 0. The third-order valence-electron chi connectivity index (χ3n) is 6.23. The zero-order valence-electron chi connectivity index (χ0n) is 16.2. The normalized spacial score (nSPS) is 12.1. The van der Waals surface area contributed by atoms with Crippen molar-refractivity contribution in [1.82, 2.24) is 4.98 Å². The molecular weight excluding hydrogens is 404 g/mol. The Morgan fingerprint density at radius 3 is 2.45 bits per heavy atom. The van der Waals surface area contributed by atoms with Crippen LogP contribution >= 0.6 is 11.3 Å². The highest BCUT2D eigenvalue weighted by atomic mass is 32.1. The molecule has 5 aromatic carbocycles. The van der Waals surface area contributed by atoms with Crippen molar-refractivity contribution in [1.29, 1.82) is 0 Å². The molecule has 0 saturated heterocycles. The number of fused-ring (bicyclic) bond motifs is 4. The first-order valence-corrected chi connectivity index (χ1v) is 10.9. The minimum Gasteiger partial charge on any atom is -0.353 e. The highest BCUT2D eigenvalue weighted by Crippen LogP contribution is 2.45. The second kappa shape index (κ2) is 5.80. The third kappa shape index (κ3) is 2.18. The van der Waals surface area contributed by atoms with Gasteiger partial charge in [0, 0.05) is 37.8 Å². The number of nitro groups is 1. The maximum absolute atomic E-state index is 11.6. The molecule has 0 aliphatic heterocycles. The third-order valence-corrected chi connectivity index (χ3v) is 7.44. The Hall–Kier alpha value is -3.96. The molecule has 0 unspecified atom stereocenters. The molecule has 0 fully saturated rings. The molecule has 0 radical (unpaired) electrons. The lowest BCUT2D eigenvalue weighted by Crippen LogP contribution is -1.91. The average molecular weight is 418 g/mol. The zero-order chi connectivity index (χ0) is 20.7. The fraction of sp³-hybridized carbons (Fsp3) is 0. The molecule has 1 N–H and O–H groups in total. The van der Waals surface area contributed by atoms with Crippen LogP contribution in [0.4, 0.5) is 5.69 Å². The first-order chi connectivity index (χ1) is 15.2. The molecule has 146 valence electrons. The Labute approximate surface area is 179 Å². The summed E-state index contributed by atoms with van der Waals surface area (Å²) in [7, 11) is 0. The number of aromatic nitrogens is 1. The topological polar surface area (TPSA) is 58.9 Å². The lowest BCUT2D eigenvalue weighted by molar-refractivity contribution is -0.384. The molecular formula is C26H14N2O2S. The number of aromatic amines is 1. The highest BCUT2D eigenvalue weighted by Gasteiger charge is 2.20. The Morgan fingerprint density at radius 2 is 1.58 bits per heavy atom. The Morgan fingerprint density at radius 1 is 0.806 bits per heavy atom. The lowest BCUT2D eigenvalue weighted by atomic mass is 9.96. The summed E-state index contributed by atoms with van der Waals surface area (Å²) in [6, 6.07) is 26.1. The van der Waals surface area contributed by atoms with Crippen molar-refractivity contribution in [2.75, 3.05) is 0 Å². The van der Waals surface area contributed by atoms with Crippen LogP contribution in [0.5, 0.6) is 0 Å². The lowest BCUT2D eigenvalue weighted by Gasteiger charge is -2.07. The number of nitrogens with one attached hydrogen (secondary N) is 1. The monoisotopic (exact) mass is 418 g/mol. The van der Waals surface area contributed by atoms with Gasteiger partial charge in [0.1, 0.15) is 0 Å². The largest absolute Gasteiger partial charge is 0.353 e. The Bertz CT molecular complexity index is 1830. The SMILES string of the molecule is O=[N+]([O-])c1ccccc1-c1cc2ccc3cc4c5ccccc5sc4c4[nH]c(c1)c2c34. The van der Waals surface area contributed by atoms with Crippen LogP contribution in [-0.2, 0) is 0 Å². The highest BCUT2D eigenvalue weighted by molar-refractivity contribution is 7.26. The summed E-state index contributed by atoms with van der Waals surface area (Å²) in [5.74, 6) is 0. The predicted octanol–water partition coefficient (Wildman–Crippen LogP) is 7.86. The minimum absolute atomic E-state index is 0.123. The minimum atomic E-state index is -0.315. The second-order valence-electron chi connectivity index (χ2n) is 7.91. The van der Waals surface area contributed by atoms with E-state index in [9.17, 15) is 10.1 Å². The van der Waals surface area contributed by atoms with Crippen molar-refractivity contribution >= 4 is 69.8 Å². The van der Waals surface area contributed by atoms with Crippen LogP contribution in [0, 0.1) is 10.1 Å².